The molecule has 0 saturated heterocycles. The summed E-state index contributed by atoms with van der Waals surface area (Å²) in [4.78, 5) is 3.79. The number of hydrogen-bond acceptors (Lipinski definition) is 3. The number of nitrogens with zero attached hydrogens (tertiary/aromatic N) is 1. The maximum absolute atomic E-state index is 5.63. The Kier molecular flexibility index (Phi) is 4.48. The van der Waals surface area contributed by atoms with Crippen molar-refractivity contribution in [2.75, 3.05) is 6.54 Å². The summed E-state index contributed by atoms with van der Waals surface area (Å²) in [5.74, 6) is 0. The topological polar surface area (TPSA) is 29.3 Å². The lowest BCUT2D eigenvalue weighted by atomic mass is 9.97. The molecule has 0 aromatic heterocycles. The van der Waals surface area contributed by atoms with Gasteiger partial charge in [0.05, 0.1) is 0 Å². The Morgan fingerprint density at radius 1 is 1.29 bits per heavy atom. The summed E-state index contributed by atoms with van der Waals surface area (Å²) in [7, 11) is 0. The molecular formula is C14H22N2S. The summed E-state index contributed by atoms with van der Waals surface area (Å²) in [6.07, 6.45) is 3.68. The third kappa shape index (κ3) is 2.84. The molecule has 2 nitrogen and oxygen atoms in total. The fourth-order valence-corrected chi connectivity index (χ4v) is 3.10. The van der Waals surface area contributed by atoms with E-state index in [0.29, 0.717) is 0 Å². The molecule has 2 N–H and O–H groups in total. The van der Waals surface area contributed by atoms with E-state index in [-0.39, 0.29) is 0 Å². The van der Waals surface area contributed by atoms with Gasteiger partial charge in [0.25, 0.3) is 0 Å². The van der Waals surface area contributed by atoms with Crippen LogP contribution < -0.4 is 5.14 Å². The molecule has 0 radical (unpaired) electrons. The first kappa shape index (κ1) is 12.9. The zero-order valence-corrected chi connectivity index (χ0v) is 11.6. The van der Waals surface area contributed by atoms with E-state index in [1.54, 1.807) is 0 Å². The molecule has 1 aliphatic heterocycles. The second-order valence-corrected chi connectivity index (χ2v) is 5.45. The predicted octanol–water partition coefficient (Wildman–Crippen LogP) is 3.20. The molecule has 0 spiro atoms. The van der Waals surface area contributed by atoms with Crippen molar-refractivity contribution in [1.29, 1.82) is 0 Å². The highest BCUT2D eigenvalue weighted by atomic mass is 32.2. The van der Waals surface area contributed by atoms with Gasteiger partial charge < -0.3 is 0 Å². The maximum atomic E-state index is 5.63. The molecule has 1 aromatic rings. The minimum Gasteiger partial charge on any atom is -0.296 e. The SMILES string of the molecule is CCC(CC)N1CCc2ccc(SN)cc2C1. The van der Waals surface area contributed by atoms with E-state index in [9.17, 15) is 0 Å². The minimum atomic E-state index is 0.734. The van der Waals surface area contributed by atoms with Gasteiger partial charge in [-0.05, 0) is 54.5 Å². The molecule has 0 atom stereocenters. The first-order valence-corrected chi connectivity index (χ1v) is 7.39. The molecular weight excluding hydrogens is 228 g/mol. The Morgan fingerprint density at radius 3 is 2.71 bits per heavy atom. The van der Waals surface area contributed by atoms with Crippen LogP contribution in [0.3, 0.4) is 0 Å². The number of rotatable bonds is 4. The highest BCUT2D eigenvalue weighted by molar-refractivity contribution is 7.97. The molecule has 2 rings (SSSR count). The Morgan fingerprint density at radius 2 is 2.06 bits per heavy atom. The fourth-order valence-electron chi connectivity index (χ4n) is 2.75. The minimum absolute atomic E-state index is 0.734. The normalized spacial score (nSPS) is 16.2. The van der Waals surface area contributed by atoms with Gasteiger partial charge in [-0.1, -0.05) is 19.9 Å². The lowest BCUT2D eigenvalue weighted by molar-refractivity contribution is 0.169. The molecule has 0 saturated carbocycles. The quantitative estimate of drug-likeness (QED) is 0.832. The molecule has 1 heterocycles. The van der Waals surface area contributed by atoms with Crippen molar-refractivity contribution in [1.82, 2.24) is 4.90 Å². The number of fused-ring (bicyclic) bond motifs is 1. The zero-order chi connectivity index (χ0) is 12.3. The van der Waals surface area contributed by atoms with Gasteiger partial charge in [-0.3, -0.25) is 10.0 Å². The van der Waals surface area contributed by atoms with Crippen LogP contribution in [0.1, 0.15) is 37.8 Å². The molecule has 1 aliphatic rings. The van der Waals surface area contributed by atoms with Crippen molar-refractivity contribution in [2.24, 2.45) is 5.14 Å². The van der Waals surface area contributed by atoms with Gasteiger partial charge in [0.2, 0.25) is 0 Å². The first-order valence-electron chi connectivity index (χ1n) is 6.51. The maximum Gasteiger partial charge on any atom is 0.0239 e. The van der Waals surface area contributed by atoms with Crippen LogP contribution in [0.15, 0.2) is 23.1 Å². The van der Waals surface area contributed by atoms with Crippen LogP contribution in [-0.2, 0) is 13.0 Å². The zero-order valence-electron chi connectivity index (χ0n) is 10.8. The monoisotopic (exact) mass is 250 g/mol. The highest BCUT2D eigenvalue weighted by Crippen LogP contribution is 2.25. The van der Waals surface area contributed by atoms with E-state index in [1.807, 2.05) is 0 Å². The summed E-state index contributed by atoms with van der Waals surface area (Å²) in [6.45, 7) is 6.87. The van der Waals surface area contributed by atoms with Crippen molar-refractivity contribution in [3.8, 4) is 0 Å². The molecule has 3 heteroatoms. The lowest BCUT2D eigenvalue weighted by Gasteiger charge is -2.35. The highest BCUT2D eigenvalue weighted by Gasteiger charge is 2.21. The standard InChI is InChI=1S/C14H22N2S/c1-3-13(4-2)16-8-7-11-5-6-14(17-15)9-12(11)10-16/h5-6,9,13H,3-4,7-8,10,15H2,1-2H3. The molecule has 0 aliphatic carbocycles. The summed E-state index contributed by atoms with van der Waals surface area (Å²) in [5, 5.41) is 5.63. The fraction of sp³-hybridized carbons (Fsp3) is 0.571. The third-order valence-corrected chi connectivity index (χ3v) is 4.34. The van der Waals surface area contributed by atoms with Crippen molar-refractivity contribution < 1.29 is 0 Å². The molecule has 94 valence electrons. The molecule has 0 unspecified atom stereocenters. The number of nitrogens with two attached hydrogens (primary N) is 1. The van der Waals surface area contributed by atoms with Crippen molar-refractivity contribution in [3.63, 3.8) is 0 Å². The van der Waals surface area contributed by atoms with Crippen molar-refractivity contribution in [2.45, 2.75) is 50.6 Å². The largest absolute Gasteiger partial charge is 0.296 e. The predicted molar refractivity (Wildman–Crippen MR) is 75.0 cm³/mol. The van der Waals surface area contributed by atoms with Crippen LogP contribution in [0.5, 0.6) is 0 Å². The molecule has 0 fully saturated rings. The van der Waals surface area contributed by atoms with E-state index in [1.165, 1.54) is 53.8 Å². The van der Waals surface area contributed by atoms with Crippen LogP contribution in [-0.4, -0.2) is 17.5 Å². The van der Waals surface area contributed by atoms with E-state index in [4.69, 9.17) is 5.14 Å². The summed E-state index contributed by atoms with van der Waals surface area (Å²) >= 11 is 1.34. The molecule has 17 heavy (non-hydrogen) atoms. The second-order valence-electron chi connectivity index (χ2n) is 4.74. The number of benzene rings is 1. The average molecular weight is 250 g/mol. The number of hydrogen-bond donors (Lipinski definition) is 1. The van der Waals surface area contributed by atoms with E-state index >= 15 is 0 Å². The molecule has 1 aromatic carbocycles. The van der Waals surface area contributed by atoms with Gasteiger partial charge >= 0.3 is 0 Å². The van der Waals surface area contributed by atoms with Crippen LogP contribution in [0, 0.1) is 0 Å². The Labute approximate surface area is 109 Å². The van der Waals surface area contributed by atoms with Gasteiger partial charge in [-0.2, -0.15) is 0 Å². The van der Waals surface area contributed by atoms with Gasteiger partial charge in [-0.25, -0.2) is 0 Å². The Hall–Kier alpha value is -0.510. The molecule has 0 amide bonds. The van der Waals surface area contributed by atoms with E-state index in [2.05, 4.69) is 36.9 Å². The first-order chi connectivity index (χ1) is 8.28. The Balaban J connectivity index is 2.16. The third-order valence-electron chi connectivity index (χ3n) is 3.81. The van der Waals surface area contributed by atoms with Crippen LogP contribution in [0.4, 0.5) is 0 Å². The van der Waals surface area contributed by atoms with Gasteiger partial charge in [0.15, 0.2) is 0 Å². The second kappa shape index (κ2) is 5.89. The Bertz CT molecular complexity index is 374. The summed E-state index contributed by atoms with van der Waals surface area (Å²) in [6, 6.07) is 7.37. The van der Waals surface area contributed by atoms with Gasteiger partial charge in [0.1, 0.15) is 0 Å². The van der Waals surface area contributed by atoms with E-state index in [0.717, 1.165) is 12.6 Å². The lowest BCUT2D eigenvalue weighted by Crippen LogP contribution is -2.38. The smallest absolute Gasteiger partial charge is 0.0239 e. The average Bonchev–Trinajstić information content (AvgIpc) is 2.39. The van der Waals surface area contributed by atoms with Crippen LogP contribution in [0.2, 0.25) is 0 Å². The van der Waals surface area contributed by atoms with E-state index < -0.39 is 0 Å². The van der Waals surface area contributed by atoms with Crippen LogP contribution >= 0.6 is 11.9 Å². The van der Waals surface area contributed by atoms with Gasteiger partial charge in [0, 0.05) is 24.0 Å². The van der Waals surface area contributed by atoms with Crippen LogP contribution in [0.25, 0.3) is 0 Å². The summed E-state index contributed by atoms with van der Waals surface area (Å²) in [5.41, 5.74) is 2.98. The van der Waals surface area contributed by atoms with Gasteiger partial charge in [-0.15, -0.1) is 0 Å². The summed E-state index contributed by atoms with van der Waals surface area (Å²) < 4.78 is 0. The van der Waals surface area contributed by atoms with Crippen molar-refractivity contribution >= 4 is 11.9 Å². The molecule has 0 bridgehead atoms. The van der Waals surface area contributed by atoms with Crippen molar-refractivity contribution in [3.05, 3.63) is 29.3 Å².